The van der Waals surface area contributed by atoms with E-state index in [1.165, 1.54) is 5.56 Å². The van der Waals surface area contributed by atoms with Crippen LogP contribution in [0.25, 0.3) is 0 Å². The van der Waals surface area contributed by atoms with Crippen molar-refractivity contribution in [2.24, 2.45) is 0 Å². The van der Waals surface area contributed by atoms with Crippen LogP contribution in [0.4, 0.5) is 5.69 Å². The maximum absolute atomic E-state index is 12.8. The SMILES string of the molecule is CC(C)c1ccc(NC(=O)c2ccc(CNC3=C(Cl)C(=O)N(Cc4ccccc4)C3=O)cc2)cc1. The number of anilines is 1. The Labute approximate surface area is 209 Å². The molecule has 0 saturated heterocycles. The first-order valence-corrected chi connectivity index (χ1v) is 11.8. The smallest absolute Gasteiger partial charge is 0.278 e. The van der Waals surface area contributed by atoms with Gasteiger partial charge in [0.25, 0.3) is 17.7 Å². The molecule has 3 aromatic rings. The minimum atomic E-state index is -0.517. The van der Waals surface area contributed by atoms with Crippen molar-refractivity contribution in [3.05, 3.63) is 112 Å². The zero-order valence-corrected chi connectivity index (χ0v) is 20.3. The van der Waals surface area contributed by atoms with E-state index in [9.17, 15) is 14.4 Å². The molecule has 178 valence electrons. The Bertz CT molecular complexity index is 1270. The van der Waals surface area contributed by atoms with Gasteiger partial charge in [-0.05, 0) is 46.9 Å². The molecule has 0 aromatic heterocycles. The third-order valence-corrected chi connectivity index (χ3v) is 6.17. The molecule has 0 atom stereocenters. The fraction of sp³-hybridized carbons (Fsp3) is 0.179. The largest absolute Gasteiger partial charge is 0.375 e. The van der Waals surface area contributed by atoms with Gasteiger partial charge in [0.2, 0.25) is 0 Å². The predicted octanol–water partition coefficient (Wildman–Crippen LogP) is 5.17. The zero-order chi connectivity index (χ0) is 24.9. The highest BCUT2D eigenvalue weighted by Crippen LogP contribution is 2.24. The predicted molar refractivity (Wildman–Crippen MR) is 137 cm³/mol. The summed E-state index contributed by atoms with van der Waals surface area (Å²) in [5, 5.41) is 5.76. The second kappa shape index (κ2) is 10.6. The Morgan fingerprint density at radius 2 is 1.51 bits per heavy atom. The van der Waals surface area contributed by atoms with Crippen LogP contribution in [0, 0.1) is 0 Å². The standard InChI is InChI=1S/C28H26ClN3O3/c1-18(2)21-12-14-23(15-13-21)31-26(33)22-10-8-19(9-11-22)16-30-25-24(29)27(34)32(28(25)35)17-20-6-4-3-5-7-20/h3-15,18,30H,16-17H2,1-2H3,(H,31,33). The van der Waals surface area contributed by atoms with E-state index in [0.29, 0.717) is 11.5 Å². The quantitative estimate of drug-likeness (QED) is 0.429. The average molecular weight is 488 g/mol. The third kappa shape index (κ3) is 5.61. The molecule has 3 amide bonds. The first kappa shape index (κ1) is 24.2. The van der Waals surface area contributed by atoms with Crippen molar-refractivity contribution in [2.75, 3.05) is 5.32 Å². The number of amides is 3. The van der Waals surface area contributed by atoms with Gasteiger partial charge in [-0.15, -0.1) is 0 Å². The third-order valence-electron chi connectivity index (χ3n) is 5.82. The van der Waals surface area contributed by atoms with E-state index in [0.717, 1.165) is 21.7 Å². The number of carbonyl (C=O) groups excluding carboxylic acids is 3. The van der Waals surface area contributed by atoms with Crippen LogP contribution in [-0.4, -0.2) is 22.6 Å². The minimum Gasteiger partial charge on any atom is -0.375 e. The molecule has 1 aliphatic heterocycles. The number of nitrogens with one attached hydrogen (secondary N) is 2. The van der Waals surface area contributed by atoms with Crippen LogP contribution in [0.5, 0.6) is 0 Å². The molecular weight excluding hydrogens is 462 g/mol. The highest BCUT2D eigenvalue weighted by molar-refractivity contribution is 6.47. The summed E-state index contributed by atoms with van der Waals surface area (Å²) >= 11 is 6.17. The molecule has 4 rings (SSSR count). The van der Waals surface area contributed by atoms with Gasteiger partial charge in [-0.25, -0.2) is 0 Å². The Kier molecular flexibility index (Phi) is 7.32. The summed E-state index contributed by atoms with van der Waals surface area (Å²) < 4.78 is 0. The van der Waals surface area contributed by atoms with E-state index in [1.807, 2.05) is 54.6 Å². The Morgan fingerprint density at radius 1 is 0.857 bits per heavy atom. The van der Waals surface area contributed by atoms with Gasteiger partial charge >= 0.3 is 0 Å². The van der Waals surface area contributed by atoms with Gasteiger partial charge in [0.15, 0.2) is 0 Å². The van der Waals surface area contributed by atoms with Gasteiger partial charge in [-0.3, -0.25) is 19.3 Å². The normalized spacial score (nSPS) is 13.5. The number of nitrogens with zero attached hydrogens (tertiary/aromatic N) is 1. The van der Waals surface area contributed by atoms with Gasteiger partial charge in [-0.1, -0.05) is 80.0 Å². The number of imide groups is 1. The lowest BCUT2D eigenvalue weighted by Crippen LogP contribution is -2.33. The number of halogens is 1. The molecule has 6 nitrogen and oxygen atoms in total. The van der Waals surface area contributed by atoms with Gasteiger partial charge in [0.05, 0.1) is 6.54 Å². The fourth-order valence-corrected chi connectivity index (χ4v) is 3.98. The van der Waals surface area contributed by atoms with Crippen LogP contribution >= 0.6 is 11.6 Å². The summed E-state index contributed by atoms with van der Waals surface area (Å²) in [6.07, 6.45) is 0. The van der Waals surface area contributed by atoms with Gasteiger partial charge in [-0.2, -0.15) is 0 Å². The monoisotopic (exact) mass is 487 g/mol. The number of rotatable bonds is 8. The molecule has 1 aliphatic rings. The van der Waals surface area contributed by atoms with Gasteiger partial charge in [0, 0.05) is 17.8 Å². The maximum Gasteiger partial charge on any atom is 0.278 e. The number of hydrogen-bond donors (Lipinski definition) is 2. The van der Waals surface area contributed by atoms with Crippen molar-refractivity contribution in [3.8, 4) is 0 Å². The lowest BCUT2D eigenvalue weighted by Gasteiger charge is -2.15. The van der Waals surface area contributed by atoms with E-state index >= 15 is 0 Å². The van der Waals surface area contributed by atoms with Crippen molar-refractivity contribution < 1.29 is 14.4 Å². The molecule has 0 aliphatic carbocycles. The number of carbonyl (C=O) groups is 3. The van der Waals surface area contributed by atoms with E-state index in [-0.39, 0.29) is 29.7 Å². The van der Waals surface area contributed by atoms with Crippen molar-refractivity contribution in [1.29, 1.82) is 0 Å². The average Bonchev–Trinajstić information content (AvgIpc) is 3.06. The first-order chi connectivity index (χ1) is 16.8. The summed E-state index contributed by atoms with van der Waals surface area (Å²) in [5.74, 6) is -0.753. The summed E-state index contributed by atoms with van der Waals surface area (Å²) in [6, 6.07) is 24.1. The van der Waals surface area contributed by atoms with Gasteiger partial charge in [0.1, 0.15) is 10.7 Å². The molecule has 0 unspecified atom stereocenters. The molecule has 2 N–H and O–H groups in total. The van der Waals surface area contributed by atoms with Gasteiger partial charge < -0.3 is 10.6 Å². The Balaban J connectivity index is 1.35. The van der Waals surface area contributed by atoms with E-state index in [2.05, 4.69) is 24.5 Å². The molecule has 0 saturated carbocycles. The maximum atomic E-state index is 12.8. The summed E-state index contributed by atoms with van der Waals surface area (Å²) in [5.41, 5.74) is 4.21. The highest BCUT2D eigenvalue weighted by Gasteiger charge is 2.37. The van der Waals surface area contributed by atoms with Crippen LogP contribution in [0.1, 0.15) is 46.8 Å². The second-order valence-corrected chi connectivity index (χ2v) is 9.03. The van der Waals surface area contributed by atoms with Crippen LogP contribution in [0.15, 0.2) is 89.6 Å². The molecule has 7 heteroatoms. The summed E-state index contributed by atoms with van der Waals surface area (Å²) in [6.45, 7) is 4.68. The van der Waals surface area contributed by atoms with Crippen LogP contribution in [0.3, 0.4) is 0 Å². The molecule has 0 spiro atoms. The number of hydrogen-bond acceptors (Lipinski definition) is 4. The molecule has 0 bridgehead atoms. The van der Waals surface area contributed by atoms with Crippen molar-refractivity contribution in [1.82, 2.24) is 10.2 Å². The Morgan fingerprint density at radius 3 is 2.14 bits per heavy atom. The zero-order valence-electron chi connectivity index (χ0n) is 19.5. The summed E-state index contributed by atoms with van der Waals surface area (Å²) in [4.78, 5) is 39.0. The topological polar surface area (TPSA) is 78.5 Å². The number of benzene rings is 3. The molecule has 0 radical (unpaired) electrons. The molecule has 1 heterocycles. The second-order valence-electron chi connectivity index (χ2n) is 8.65. The van der Waals surface area contributed by atoms with E-state index in [1.54, 1.807) is 24.3 Å². The Hall–Kier alpha value is -3.90. The molecule has 3 aromatic carbocycles. The van der Waals surface area contributed by atoms with E-state index in [4.69, 9.17) is 11.6 Å². The molecule has 35 heavy (non-hydrogen) atoms. The minimum absolute atomic E-state index is 0.0826. The lowest BCUT2D eigenvalue weighted by atomic mass is 10.0. The molecular formula is C28H26ClN3O3. The van der Waals surface area contributed by atoms with Crippen LogP contribution in [-0.2, 0) is 22.7 Å². The van der Waals surface area contributed by atoms with E-state index < -0.39 is 11.8 Å². The van der Waals surface area contributed by atoms with Crippen molar-refractivity contribution in [2.45, 2.75) is 32.9 Å². The molecule has 0 fully saturated rings. The van der Waals surface area contributed by atoms with Crippen LogP contribution < -0.4 is 10.6 Å². The first-order valence-electron chi connectivity index (χ1n) is 11.4. The van der Waals surface area contributed by atoms with Crippen molar-refractivity contribution in [3.63, 3.8) is 0 Å². The summed E-state index contributed by atoms with van der Waals surface area (Å²) in [7, 11) is 0. The highest BCUT2D eigenvalue weighted by atomic mass is 35.5. The lowest BCUT2D eigenvalue weighted by molar-refractivity contribution is -0.138. The fourth-order valence-electron chi connectivity index (χ4n) is 3.73. The van der Waals surface area contributed by atoms with Crippen LogP contribution in [0.2, 0.25) is 0 Å². The van der Waals surface area contributed by atoms with Crippen molar-refractivity contribution >= 4 is 35.0 Å².